The summed E-state index contributed by atoms with van der Waals surface area (Å²) in [5, 5.41) is 3.40. The van der Waals surface area contributed by atoms with Gasteiger partial charge in [0.05, 0.1) is 6.10 Å². The number of aryl methyl sites for hydroxylation is 2. The standard InChI is InChI=1S/C16H25NO2/c1-12-6-7-13(2)16(14(12)3)19-10-8-17-11-15-5-4-9-18-15/h6-7,15,17H,4-5,8-11H2,1-3H3. The average Bonchev–Trinajstić information content (AvgIpc) is 2.90. The van der Waals surface area contributed by atoms with E-state index in [0.717, 1.165) is 25.4 Å². The summed E-state index contributed by atoms with van der Waals surface area (Å²) in [6.07, 6.45) is 2.79. The van der Waals surface area contributed by atoms with Gasteiger partial charge in [0.2, 0.25) is 0 Å². The van der Waals surface area contributed by atoms with E-state index < -0.39 is 0 Å². The van der Waals surface area contributed by atoms with Gasteiger partial charge in [-0.3, -0.25) is 0 Å². The van der Waals surface area contributed by atoms with Crippen molar-refractivity contribution in [3.63, 3.8) is 0 Å². The molecule has 1 aromatic carbocycles. The molecule has 3 nitrogen and oxygen atoms in total. The van der Waals surface area contributed by atoms with Gasteiger partial charge in [-0.1, -0.05) is 12.1 Å². The maximum absolute atomic E-state index is 5.91. The molecule has 106 valence electrons. The van der Waals surface area contributed by atoms with Crippen molar-refractivity contribution >= 4 is 0 Å². The van der Waals surface area contributed by atoms with Crippen LogP contribution in [0.15, 0.2) is 12.1 Å². The van der Waals surface area contributed by atoms with Crippen LogP contribution in [-0.2, 0) is 4.74 Å². The van der Waals surface area contributed by atoms with Gasteiger partial charge >= 0.3 is 0 Å². The fraction of sp³-hybridized carbons (Fsp3) is 0.625. The van der Waals surface area contributed by atoms with Crippen LogP contribution in [0.4, 0.5) is 0 Å². The van der Waals surface area contributed by atoms with Gasteiger partial charge in [0, 0.05) is 19.7 Å². The molecule has 1 saturated heterocycles. The molecule has 1 fully saturated rings. The zero-order chi connectivity index (χ0) is 13.7. The first-order valence-electron chi connectivity index (χ1n) is 7.20. The molecule has 1 aliphatic rings. The summed E-state index contributed by atoms with van der Waals surface area (Å²) in [6, 6.07) is 4.27. The predicted octanol–water partition coefficient (Wildman–Crippen LogP) is 2.76. The Morgan fingerprint density at radius 2 is 2.05 bits per heavy atom. The van der Waals surface area contributed by atoms with Crippen molar-refractivity contribution in [3.8, 4) is 5.75 Å². The van der Waals surface area contributed by atoms with E-state index >= 15 is 0 Å². The van der Waals surface area contributed by atoms with Gasteiger partial charge < -0.3 is 14.8 Å². The van der Waals surface area contributed by atoms with E-state index in [1.54, 1.807) is 0 Å². The normalized spacial score (nSPS) is 18.8. The molecule has 2 rings (SSSR count). The van der Waals surface area contributed by atoms with Crippen LogP contribution in [-0.4, -0.2) is 32.4 Å². The van der Waals surface area contributed by atoms with Crippen molar-refractivity contribution in [3.05, 3.63) is 28.8 Å². The molecule has 0 aliphatic carbocycles. The number of benzene rings is 1. The maximum atomic E-state index is 5.91. The molecule has 1 N–H and O–H groups in total. The van der Waals surface area contributed by atoms with Crippen LogP contribution in [0.1, 0.15) is 29.5 Å². The Morgan fingerprint density at radius 1 is 1.26 bits per heavy atom. The monoisotopic (exact) mass is 263 g/mol. The topological polar surface area (TPSA) is 30.5 Å². The lowest BCUT2D eigenvalue weighted by Crippen LogP contribution is -2.29. The third-order valence-corrected chi connectivity index (χ3v) is 3.79. The summed E-state index contributed by atoms with van der Waals surface area (Å²) in [5.41, 5.74) is 3.74. The highest BCUT2D eigenvalue weighted by Gasteiger charge is 2.14. The summed E-state index contributed by atoms with van der Waals surface area (Å²) in [6.45, 7) is 9.78. The average molecular weight is 263 g/mol. The zero-order valence-corrected chi connectivity index (χ0v) is 12.3. The number of hydrogen-bond donors (Lipinski definition) is 1. The minimum Gasteiger partial charge on any atom is -0.492 e. The van der Waals surface area contributed by atoms with Gasteiger partial charge in [-0.2, -0.15) is 0 Å². The minimum absolute atomic E-state index is 0.405. The van der Waals surface area contributed by atoms with Crippen molar-refractivity contribution in [2.45, 2.75) is 39.7 Å². The van der Waals surface area contributed by atoms with Crippen LogP contribution in [0.2, 0.25) is 0 Å². The van der Waals surface area contributed by atoms with Crippen molar-refractivity contribution in [2.24, 2.45) is 0 Å². The highest BCUT2D eigenvalue weighted by Crippen LogP contribution is 2.25. The van der Waals surface area contributed by atoms with E-state index in [-0.39, 0.29) is 0 Å². The summed E-state index contributed by atoms with van der Waals surface area (Å²) >= 11 is 0. The minimum atomic E-state index is 0.405. The molecule has 3 heteroatoms. The van der Waals surface area contributed by atoms with E-state index in [1.165, 1.54) is 29.5 Å². The van der Waals surface area contributed by atoms with Crippen LogP contribution in [0.5, 0.6) is 5.75 Å². The van der Waals surface area contributed by atoms with E-state index in [0.29, 0.717) is 12.7 Å². The Bertz CT molecular complexity index is 411. The van der Waals surface area contributed by atoms with Crippen molar-refractivity contribution in [1.29, 1.82) is 0 Å². The molecule has 0 bridgehead atoms. The lowest BCUT2D eigenvalue weighted by atomic mass is 10.1. The number of ether oxygens (including phenoxy) is 2. The zero-order valence-electron chi connectivity index (χ0n) is 12.3. The quantitative estimate of drug-likeness (QED) is 0.801. The van der Waals surface area contributed by atoms with E-state index in [4.69, 9.17) is 9.47 Å². The molecule has 1 unspecified atom stereocenters. The Hall–Kier alpha value is -1.06. The number of rotatable bonds is 6. The molecule has 0 amide bonds. The number of nitrogens with one attached hydrogen (secondary N) is 1. The molecular weight excluding hydrogens is 238 g/mol. The van der Waals surface area contributed by atoms with Gasteiger partial charge in [-0.15, -0.1) is 0 Å². The fourth-order valence-corrected chi connectivity index (χ4v) is 2.44. The summed E-state index contributed by atoms with van der Waals surface area (Å²) in [7, 11) is 0. The first-order valence-corrected chi connectivity index (χ1v) is 7.20. The predicted molar refractivity (Wildman–Crippen MR) is 78.0 cm³/mol. The van der Waals surface area contributed by atoms with Crippen molar-refractivity contribution in [1.82, 2.24) is 5.32 Å². The fourth-order valence-electron chi connectivity index (χ4n) is 2.44. The van der Waals surface area contributed by atoms with Gasteiger partial charge in [-0.25, -0.2) is 0 Å². The van der Waals surface area contributed by atoms with Gasteiger partial charge in [0.25, 0.3) is 0 Å². The molecule has 1 aromatic rings. The first kappa shape index (κ1) is 14.4. The van der Waals surface area contributed by atoms with E-state index in [2.05, 4.69) is 38.2 Å². The molecule has 1 aliphatic heterocycles. The van der Waals surface area contributed by atoms with Crippen LogP contribution in [0.3, 0.4) is 0 Å². The SMILES string of the molecule is Cc1ccc(C)c(OCCNCC2CCCO2)c1C. The van der Waals surface area contributed by atoms with Gasteiger partial charge in [0.1, 0.15) is 12.4 Å². The highest BCUT2D eigenvalue weighted by atomic mass is 16.5. The van der Waals surface area contributed by atoms with Crippen molar-refractivity contribution in [2.75, 3.05) is 26.3 Å². The third-order valence-electron chi connectivity index (χ3n) is 3.79. The maximum Gasteiger partial charge on any atom is 0.125 e. The molecule has 0 radical (unpaired) electrons. The summed E-state index contributed by atoms with van der Waals surface area (Å²) < 4.78 is 11.5. The number of hydrogen-bond acceptors (Lipinski definition) is 3. The Labute approximate surface area is 116 Å². The lowest BCUT2D eigenvalue weighted by molar-refractivity contribution is 0.109. The third kappa shape index (κ3) is 3.95. The summed E-state index contributed by atoms with van der Waals surface area (Å²) in [4.78, 5) is 0. The summed E-state index contributed by atoms with van der Waals surface area (Å²) in [5.74, 6) is 1.04. The lowest BCUT2D eigenvalue weighted by Gasteiger charge is -2.15. The van der Waals surface area contributed by atoms with E-state index in [1.807, 2.05) is 0 Å². The highest BCUT2D eigenvalue weighted by molar-refractivity contribution is 5.44. The molecule has 0 aromatic heterocycles. The second-order valence-corrected chi connectivity index (χ2v) is 5.34. The largest absolute Gasteiger partial charge is 0.492 e. The van der Waals surface area contributed by atoms with Crippen LogP contribution >= 0.6 is 0 Å². The molecular formula is C16H25NO2. The van der Waals surface area contributed by atoms with Crippen LogP contribution in [0.25, 0.3) is 0 Å². The molecule has 0 saturated carbocycles. The van der Waals surface area contributed by atoms with Crippen molar-refractivity contribution < 1.29 is 9.47 Å². The Morgan fingerprint density at radius 3 is 2.79 bits per heavy atom. The van der Waals surface area contributed by atoms with E-state index in [9.17, 15) is 0 Å². The first-order chi connectivity index (χ1) is 9.18. The van der Waals surface area contributed by atoms with Gasteiger partial charge in [-0.05, 0) is 50.3 Å². The second-order valence-electron chi connectivity index (χ2n) is 5.34. The van der Waals surface area contributed by atoms with Crippen LogP contribution in [0, 0.1) is 20.8 Å². The second kappa shape index (κ2) is 6.92. The Kier molecular flexibility index (Phi) is 5.23. The molecule has 19 heavy (non-hydrogen) atoms. The van der Waals surface area contributed by atoms with Crippen LogP contribution < -0.4 is 10.1 Å². The molecule has 1 heterocycles. The Balaban J connectivity index is 1.72. The van der Waals surface area contributed by atoms with Gasteiger partial charge in [0.15, 0.2) is 0 Å². The molecule has 0 spiro atoms. The smallest absolute Gasteiger partial charge is 0.125 e. The molecule has 1 atom stereocenters.